The van der Waals surface area contributed by atoms with E-state index in [-0.39, 0.29) is 11.3 Å². The molecule has 1 aromatic carbocycles. The van der Waals surface area contributed by atoms with Gasteiger partial charge in [0.15, 0.2) is 5.78 Å². The zero-order valence-corrected chi connectivity index (χ0v) is 7.97. The maximum absolute atomic E-state index is 11.0. The Balaban J connectivity index is 3.27. The summed E-state index contributed by atoms with van der Waals surface area (Å²) in [4.78, 5) is 22.3. The van der Waals surface area contributed by atoms with E-state index in [2.05, 4.69) is 12.6 Å². The van der Waals surface area contributed by atoms with Crippen LogP contribution in [0.5, 0.6) is 0 Å². The molecule has 0 aliphatic carbocycles. The lowest BCUT2D eigenvalue weighted by molar-refractivity contribution is 0.0997. The van der Waals surface area contributed by atoms with Gasteiger partial charge in [-0.15, -0.1) is 12.6 Å². The number of amides is 1. The van der Waals surface area contributed by atoms with Crippen molar-refractivity contribution in [2.45, 2.75) is 11.8 Å². The first-order valence-electron chi connectivity index (χ1n) is 3.66. The Morgan fingerprint density at radius 2 is 2.00 bits per heavy atom. The number of hydrogen-bond donors (Lipinski definition) is 2. The average Bonchev–Trinajstić information content (AvgIpc) is 2.04. The van der Waals surface area contributed by atoms with Gasteiger partial charge in [0.05, 0.1) is 5.56 Å². The van der Waals surface area contributed by atoms with Crippen LogP contribution in [0.4, 0.5) is 0 Å². The molecule has 0 atom stereocenters. The van der Waals surface area contributed by atoms with Crippen LogP contribution in [0.3, 0.4) is 0 Å². The minimum absolute atomic E-state index is 0.101. The van der Waals surface area contributed by atoms with E-state index in [0.717, 1.165) is 0 Å². The molecule has 13 heavy (non-hydrogen) atoms. The molecule has 0 saturated heterocycles. The van der Waals surface area contributed by atoms with Gasteiger partial charge in [-0.3, -0.25) is 9.59 Å². The molecular weight excluding hydrogens is 186 g/mol. The van der Waals surface area contributed by atoms with E-state index in [1.807, 2.05) is 0 Å². The fourth-order valence-corrected chi connectivity index (χ4v) is 1.20. The van der Waals surface area contributed by atoms with E-state index >= 15 is 0 Å². The van der Waals surface area contributed by atoms with Gasteiger partial charge in [-0.2, -0.15) is 0 Å². The standard InChI is InChI=1S/C9H9NO2S/c1-5(11)6-2-3-8(13)7(4-6)9(10)12/h2-4,13H,1H3,(H2,10,12). The molecule has 0 heterocycles. The highest BCUT2D eigenvalue weighted by molar-refractivity contribution is 7.80. The Hall–Kier alpha value is -1.29. The summed E-state index contributed by atoms with van der Waals surface area (Å²) in [6.07, 6.45) is 0. The van der Waals surface area contributed by atoms with Crippen LogP contribution in [0.1, 0.15) is 27.6 Å². The molecule has 1 aromatic rings. The zero-order chi connectivity index (χ0) is 10.0. The molecule has 0 aliphatic rings. The predicted molar refractivity (Wildman–Crippen MR) is 52.2 cm³/mol. The Kier molecular flexibility index (Phi) is 2.72. The quantitative estimate of drug-likeness (QED) is 0.551. The third-order valence-electron chi connectivity index (χ3n) is 1.67. The summed E-state index contributed by atoms with van der Waals surface area (Å²) in [7, 11) is 0. The van der Waals surface area contributed by atoms with Crippen molar-refractivity contribution in [3.63, 3.8) is 0 Å². The van der Waals surface area contributed by atoms with Crippen LogP contribution in [-0.2, 0) is 0 Å². The van der Waals surface area contributed by atoms with Crippen LogP contribution >= 0.6 is 12.6 Å². The van der Waals surface area contributed by atoms with Gasteiger partial charge in [-0.25, -0.2) is 0 Å². The molecule has 68 valence electrons. The van der Waals surface area contributed by atoms with Crippen LogP contribution in [0.25, 0.3) is 0 Å². The fourth-order valence-electron chi connectivity index (χ4n) is 0.952. The molecular formula is C9H9NO2S. The summed E-state index contributed by atoms with van der Waals surface area (Å²) < 4.78 is 0. The summed E-state index contributed by atoms with van der Waals surface area (Å²) in [6, 6.07) is 4.64. The van der Waals surface area contributed by atoms with Gasteiger partial charge < -0.3 is 5.73 Å². The average molecular weight is 195 g/mol. The predicted octanol–water partition coefficient (Wildman–Crippen LogP) is 1.28. The van der Waals surface area contributed by atoms with Crippen molar-refractivity contribution in [2.75, 3.05) is 0 Å². The molecule has 0 bridgehead atoms. The van der Waals surface area contributed by atoms with Crippen molar-refractivity contribution in [1.82, 2.24) is 0 Å². The van der Waals surface area contributed by atoms with Gasteiger partial charge in [-0.1, -0.05) is 6.07 Å². The first-order valence-corrected chi connectivity index (χ1v) is 4.11. The topological polar surface area (TPSA) is 60.2 Å². The first kappa shape index (κ1) is 9.80. The van der Waals surface area contributed by atoms with E-state index < -0.39 is 5.91 Å². The molecule has 1 amide bonds. The number of carbonyl (C=O) groups excluding carboxylic acids is 2. The highest BCUT2D eigenvalue weighted by atomic mass is 32.1. The van der Waals surface area contributed by atoms with E-state index in [0.29, 0.717) is 10.5 Å². The number of thiol groups is 1. The maximum Gasteiger partial charge on any atom is 0.249 e. The van der Waals surface area contributed by atoms with E-state index in [9.17, 15) is 9.59 Å². The number of rotatable bonds is 2. The number of nitrogens with two attached hydrogens (primary N) is 1. The second-order valence-corrected chi connectivity index (χ2v) is 3.13. The van der Waals surface area contributed by atoms with Gasteiger partial charge in [0.25, 0.3) is 0 Å². The fraction of sp³-hybridized carbons (Fsp3) is 0.111. The second kappa shape index (κ2) is 3.62. The molecule has 1 rings (SSSR count). The summed E-state index contributed by atoms with van der Waals surface area (Å²) >= 11 is 4.04. The Labute approximate surface area is 81.3 Å². The summed E-state index contributed by atoms with van der Waals surface area (Å²) in [5, 5.41) is 0. The third kappa shape index (κ3) is 2.09. The molecule has 3 nitrogen and oxygen atoms in total. The minimum atomic E-state index is -0.576. The number of benzene rings is 1. The molecule has 0 spiro atoms. The highest BCUT2D eigenvalue weighted by Crippen LogP contribution is 2.15. The van der Waals surface area contributed by atoms with Crippen molar-refractivity contribution in [2.24, 2.45) is 5.73 Å². The normalized spacial score (nSPS) is 9.69. The maximum atomic E-state index is 11.0. The molecule has 2 N–H and O–H groups in total. The third-order valence-corrected chi connectivity index (χ3v) is 2.06. The monoisotopic (exact) mass is 195 g/mol. The van der Waals surface area contributed by atoms with E-state index in [1.54, 1.807) is 12.1 Å². The van der Waals surface area contributed by atoms with E-state index in [1.165, 1.54) is 13.0 Å². The van der Waals surface area contributed by atoms with Crippen LogP contribution in [-0.4, -0.2) is 11.7 Å². The second-order valence-electron chi connectivity index (χ2n) is 2.65. The number of primary amides is 1. The number of hydrogen-bond acceptors (Lipinski definition) is 3. The van der Waals surface area contributed by atoms with Crippen molar-refractivity contribution >= 4 is 24.3 Å². The lowest BCUT2D eigenvalue weighted by Crippen LogP contribution is -2.12. The van der Waals surface area contributed by atoms with Crippen molar-refractivity contribution < 1.29 is 9.59 Å². The summed E-state index contributed by atoms with van der Waals surface area (Å²) in [6.45, 7) is 1.43. The highest BCUT2D eigenvalue weighted by Gasteiger charge is 2.08. The summed E-state index contributed by atoms with van der Waals surface area (Å²) in [5.41, 5.74) is 5.82. The van der Waals surface area contributed by atoms with Gasteiger partial charge in [-0.05, 0) is 19.1 Å². The van der Waals surface area contributed by atoms with Crippen LogP contribution in [0.2, 0.25) is 0 Å². The number of carbonyl (C=O) groups is 2. The molecule has 0 unspecified atom stereocenters. The largest absolute Gasteiger partial charge is 0.366 e. The molecule has 0 aromatic heterocycles. The Morgan fingerprint density at radius 1 is 1.38 bits per heavy atom. The van der Waals surface area contributed by atoms with Gasteiger partial charge in [0.1, 0.15) is 0 Å². The Bertz CT molecular complexity index is 374. The molecule has 0 radical (unpaired) electrons. The van der Waals surface area contributed by atoms with Gasteiger partial charge >= 0.3 is 0 Å². The van der Waals surface area contributed by atoms with Crippen LogP contribution in [0.15, 0.2) is 23.1 Å². The summed E-state index contributed by atoms with van der Waals surface area (Å²) in [5.74, 6) is -0.677. The molecule has 0 saturated carbocycles. The van der Waals surface area contributed by atoms with Crippen LogP contribution < -0.4 is 5.73 Å². The molecule has 4 heteroatoms. The van der Waals surface area contributed by atoms with Crippen molar-refractivity contribution in [3.05, 3.63) is 29.3 Å². The van der Waals surface area contributed by atoms with Crippen molar-refractivity contribution in [3.8, 4) is 0 Å². The molecule has 0 fully saturated rings. The SMILES string of the molecule is CC(=O)c1ccc(S)c(C(N)=O)c1. The Morgan fingerprint density at radius 3 is 2.46 bits per heavy atom. The number of ketones is 1. The van der Waals surface area contributed by atoms with Gasteiger partial charge in [0, 0.05) is 10.5 Å². The van der Waals surface area contributed by atoms with Gasteiger partial charge in [0.2, 0.25) is 5.91 Å². The molecule has 0 aliphatic heterocycles. The number of Topliss-reactive ketones (excluding diaryl/α,β-unsaturated/α-hetero) is 1. The van der Waals surface area contributed by atoms with E-state index in [4.69, 9.17) is 5.73 Å². The smallest absolute Gasteiger partial charge is 0.249 e. The lowest BCUT2D eigenvalue weighted by atomic mass is 10.1. The lowest BCUT2D eigenvalue weighted by Gasteiger charge is -2.02. The zero-order valence-electron chi connectivity index (χ0n) is 7.07. The van der Waals surface area contributed by atoms with Crippen molar-refractivity contribution in [1.29, 1.82) is 0 Å². The first-order chi connectivity index (χ1) is 6.02. The van der Waals surface area contributed by atoms with Crippen LogP contribution in [0, 0.1) is 0 Å². The minimum Gasteiger partial charge on any atom is -0.366 e.